The number of methoxy groups -OCH3 is 2. The number of alkyl halides is 1. The van der Waals surface area contributed by atoms with Crippen molar-refractivity contribution in [2.75, 3.05) is 19.5 Å². The number of halogens is 1. The largest absolute Gasteiger partial charge is 0.497 e. The fraction of sp³-hybridized carbons (Fsp3) is 0.632. The molecule has 0 aliphatic heterocycles. The Hall–Kier alpha value is -1.23. The smallest absolute Gasteiger partial charge is 0.230 e. The molecule has 0 saturated heterocycles. The standard InChI is InChI=1S/C19H24BrNO3/c1-23-15-4-14(5-16(6-15)24-2)21-17(22)18-7-12-3-13(8-18)10-19(20,9-12)11-18/h4-6,12-13H,3,7-11H2,1-2H3,(H,21,22)/t12-,13+,18?,19?. The Morgan fingerprint density at radius 3 is 2.17 bits per heavy atom. The van der Waals surface area contributed by atoms with Crippen LogP contribution in [0.15, 0.2) is 18.2 Å². The summed E-state index contributed by atoms with van der Waals surface area (Å²) in [6.45, 7) is 0. The second-order valence-corrected chi connectivity index (χ2v) is 9.63. The second kappa shape index (κ2) is 5.65. The lowest BCUT2D eigenvalue weighted by atomic mass is 9.49. The van der Waals surface area contributed by atoms with Gasteiger partial charge in [0.25, 0.3) is 0 Å². The molecule has 0 spiro atoms. The molecule has 4 bridgehead atoms. The van der Waals surface area contributed by atoms with Crippen molar-refractivity contribution in [2.45, 2.75) is 42.8 Å². The monoisotopic (exact) mass is 393 g/mol. The summed E-state index contributed by atoms with van der Waals surface area (Å²) in [7, 11) is 3.24. The van der Waals surface area contributed by atoms with E-state index in [1.54, 1.807) is 14.2 Å². The van der Waals surface area contributed by atoms with Gasteiger partial charge in [-0.25, -0.2) is 0 Å². The number of benzene rings is 1. The predicted octanol–water partition coefficient (Wildman–Crippen LogP) is 4.38. The molecule has 4 atom stereocenters. The van der Waals surface area contributed by atoms with Crippen LogP contribution in [0.1, 0.15) is 38.5 Å². The number of nitrogens with one attached hydrogen (secondary N) is 1. The van der Waals surface area contributed by atoms with E-state index >= 15 is 0 Å². The average Bonchev–Trinajstić information content (AvgIpc) is 2.52. The van der Waals surface area contributed by atoms with Crippen molar-refractivity contribution in [1.82, 2.24) is 0 Å². The Kier molecular flexibility index (Phi) is 3.83. The highest BCUT2D eigenvalue weighted by Gasteiger charge is 2.59. The maximum atomic E-state index is 13.2. The van der Waals surface area contributed by atoms with Crippen LogP contribution in [-0.4, -0.2) is 24.5 Å². The van der Waals surface area contributed by atoms with E-state index in [4.69, 9.17) is 9.47 Å². The number of carbonyl (C=O) groups excluding carboxylic acids is 1. The molecule has 130 valence electrons. The SMILES string of the molecule is COc1cc(NC(=O)C23C[C@@H]4C[C@@H](CC(Br)(C4)C2)C3)cc(OC)c1. The van der Waals surface area contributed by atoms with Crippen LogP contribution in [0.25, 0.3) is 0 Å². The molecule has 1 aromatic rings. The number of rotatable bonds is 4. The zero-order valence-electron chi connectivity index (χ0n) is 14.2. The van der Waals surface area contributed by atoms with Crippen molar-refractivity contribution in [3.8, 4) is 11.5 Å². The van der Waals surface area contributed by atoms with Gasteiger partial charge in [0.1, 0.15) is 11.5 Å². The molecule has 0 heterocycles. The van der Waals surface area contributed by atoms with Gasteiger partial charge in [0, 0.05) is 28.2 Å². The van der Waals surface area contributed by atoms with E-state index in [2.05, 4.69) is 21.2 Å². The minimum absolute atomic E-state index is 0.163. The van der Waals surface area contributed by atoms with Crippen LogP contribution in [0, 0.1) is 17.3 Å². The summed E-state index contributed by atoms with van der Waals surface area (Å²) in [6.07, 6.45) is 6.78. The maximum absolute atomic E-state index is 13.2. The minimum atomic E-state index is -0.218. The fourth-order valence-corrected chi connectivity index (χ4v) is 7.01. The Labute approximate surface area is 151 Å². The Bertz CT molecular complexity index is 638. The third-order valence-electron chi connectivity index (χ3n) is 6.08. The highest BCUT2D eigenvalue weighted by atomic mass is 79.9. The first-order chi connectivity index (χ1) is 11.4. The molecule has 4 nitrogen and oxygen atoms in total. The summed E-state index contributed by atoms with van der Waals surface area (Å²) in [5.41, 5.74) is 0.528. The maximum Gasteiger partial charge on any atom is 0.230 e. The van der Waals surface area contributed by atoms with Gasteiger partial charge in [-0.15, -0.1) is 0 Å². The summed E-state index contributed by atoms with van der Waals surface area (Å²) >= 11 is 3.97. The number of hydrogen-bond acceptors (Lipinski definition) is 3. The lowest BCUT2D eigenvalue weighted by molar-refractivity contribution is -0.138. The van der Waals surface area contributed by atoms with Crippen molar-refractivity contribution < 1.29 is 14.3 Å². The lowest BCUT2D eigenvalue weighted by Gasteiger charge is -2.59. The van der Waals surface area contributed by atoms with Crippen molar-refractivity contribution in [3.63, 3.8) is 0 Å². The Balaban J connectivity index is 1.58. The zero-order valence-corrected chi connectivity index (χ0v) is 15.8. The molecule has 4 saturated carbocycles. The third kappa shape index (κ3) is 2.71. The molecular formula is C19H24BrNO3. The van der Waals surface area contributed by atoms with E-state index in [0.717, 1.165) is 24.9 Å². The van der Waals surface area contributed by atoms with Crippen molar-refractivity contribution in [1.29, 1.82) is 0 Å². The van der Waals surface area contributed by atoms with Crippen molar-refractivity contribution in [2.24, 2.45) is 17.3 Å². The van der Waals surface area contributed by atoms with Gasteiger partial charge in [0.2, 0.25) is 5.91 Å². The number of ether oxygens (including phenoxy) is 2. The number of carbonyl (C=O) groups is 1. The van der Waals surface area contributed by atoms with Gasteiger partial charge < -0.3 is 14.8 Å². The molecule has 4 aliphatic carbocycles. The highest BCUT2D eigenvalue weighted by Crippen LogP contribution is 2.64. The van der Waals surface area contributed by atoms with Gasteiger partial charge in [-0.3, -0.25) is 4.79 Å². The molecular weight excluding hydrogens is 370 g/mol. The van der Waals surface area contributed by atoms with Gasteiger partial charge in [-0.05, 0) is 50.4 Å². The quantitative estimate of drug-likeness (QED) is 0.772. The van der Waals surface area contributed by atoms with Crippen LogP contribution >= 0.6 is 15.9 Å². The second-order valence-electron chi connectivity index (χ2n) is 7.95. The normalized spacial score (nSPS) is 36.5. The fourth-order valence-electron chi connectivity index (χ4n) is 5.56. The molecule has 1 amide bonds. The van der Waals surface area contributed by atoms with Crippen LogP contribution in [-0.2, 0) is 4.79 Å². The Morgan fingerprint density at radius 1 is 1.08 bits per heavy atom. The molecule has 0 radical (unpaired) electrons. The van der Waals surface area contributed by atoms with Gasteiger partial charge in [0.05, 0.1) is 19.6 Å². The van der Waals surface area contributed by atoms with Crippen LogP contribution < -0.4 is 14.8 Å². The van der Waals surface area contributed by atoms with Gasteiger partial charge in [-0.1, -0.05) is 15.9 Å². The van der Waals surface area contributed by atoms with Crippen LogP contribution in [0.3, 0.4) is 0 Å². The van der Waals surface area contributed by atoms with Gasteiger partial charge in [0.15, 0.2) is 0 Å². The number of hydrogen-bond donors (Lipinski definition) is 1. The van der Waals surface area contributed by atoms with Gasteiger partial charge in [-0.2, -0.15) is 0 Å². The van der Waals surface area contributed by atoms with E-state index in [0.29, 0.717) is 23.3 Å². The van der Waals surface area contributed by atoms with Crippen LogP contribution in [0.2, 0.25) is 0 Å². The van der Waals surface area contributed by atoms with E-state index < -0.39 is 0 Å². The zero-order chi connectivity index (χ0) is 16.9. The van der Waals surface area contributed by atoms with Crippen molar-refractivity contribution >= 4 is 27.5 Å². The minimum Gasteiger partial charge on any atom is -0.497 e. The van der Waals surface area contributed by atoms with E-state index in [9.17, 15) is 4.79 Å². The topological polar surface area (TPSA) is 47.6 Å². The van der Waals surface area contributed by atoms with E-state index in [1.807, 2.05) is 18.2 Å². The molecule has 4 aliphatic rings. The number of anilines is 1. The molecule has 5 heteroatoms. The third-order valence-corrected chi connectivity index (χ3v) is 7.01. The summed E-state index contributed by atoms with van der Waals surface area (Å²) in [5.74, 6) is 2.92. The van der Waals surface area contributed by atoms with Crippen LogP contribution in [0.4, 0.5) is 5.69 Å². The van der Waals surface area contributed by atoms with E-state index in [-0.39, 0.29) is 15.6 Å². The lowest BCUT2D eigenvalue weighted by Crippen LogP contribution is -2.57. The Morgan fingerprint density at radius 2 is 1.67 bits per heavy atom. The molecule has 24 heavy (non-hydrogen) atoms. The highest BCUT2D eigenvalue weighted by molar-refractivity contribution is 9.10. The first-order valence-electron chi connectivity index (χ1n) is 8.67. The van der Waals surface area contributed by atoms with Crippen molar-refractivity contribution in [3.05, 3.63) is 18.2 Å². The average molecular weight is 394 g/mol. The first kappa shape index (κ1) is 16.2. The summed E-state index contributed by atoms with van der Waals surface area (Å²) in [5, 5.41) is 3.15. The molecule has 4 fully saturated rings. The van der Waals surface area contributed by atoms with Crippen LogP contribution in [0.5, 0.6) is 11.5 Å². The van der Waals surface area contributed by atoms with Gasteiger partial charge >= 0.3 is 0 Å². The molecule has 0 aromatic heterocycles. The molecule has 1 N–H and O–H groups in total. The summed E-state index contributed by atoms with van der Waals surface area (Å²) in [6, 6.07) is 5.52. The molecule has 1 aromatic carbocycles. The summed E-state index contributed by atoms with van der Waals surface area (Å²) in [4.78, 5) is 13.2. The first-order valence-corrected chi connectivity index (χ1v) is 9.46. The van der Waals surface area contributed by atoms with E-state index in [1.165, 1.54) is 19.3 Å². The predicted molar refractivity (Wildman–Crippen MR) is 96.9 cm³/mol. The molecule has 5 rings (SSSR count). The summed E-state index contributed by atoms with van der Waals surface area (Å²) < 4.78 is 10.8. The molecule has 2 unspecified atom stereocenters. The number of amides is 1.